The molecule has 1 aromatic carbocycles. The SMILES string of the molecule is [CH2]c1ccc(C(C)NCc2ccncc2)cc1. The largest absolute Gasteiger partial charge is 0.306 e. The van der Waals surface area contributed by atoms with Gasteiger partial charge in [-0.2, -0.15) is 0 Å². The van der Waals surface area contributed by atoms with Crippen LogP contribution in [0.1, 0.15) is 29.7 Å². The Hall–Kier alpha value is -1.67. The number of pyridine rings is 1. The molecular weight excluding hydrogens is 208 g/mol. The molecule has 0 amide bonds. The lowest BCUT2D eigenvalue weighted by atomic mass is 10.1. The van der Waals surface area contributed by atoms with Crippen molar-refractivity contribution in [2.24, 2.45) is 0 Å². The lowest BCUT2D eigenvalue weighted by Gasteiger charge is -2.14. The lowest BCUT2D eigenvalue weighted by molar-refractivity contribution is 0.574. The third kappa shape index (κ3) is 3.40. The standard InChI is InChI=1S/C15H17N2/c1-12-3-5-15(6-4-12)13(2)17-11-14-7-9-16-10-8-14/h3-10,13,17H,1,11H2,2H3. The Morgan fingerprint density at radius 2 is 1.76 bits per heavy atom. The summed E-state index contributed by atoms with van der Waals surface area (Å²) in [5, 5.41) is 3.49. The predicted octanol–water partition coefficient (Wildman–Crippen LogP) is 3.11. The number of hydrogen-bond donors (Lipinski definition) is 1. The van der Waals surface area contributed by atoms with Crippen LogP contribution in [0.15, 0.2) is 48.8 Å². The first kappa shape index (κ1) is 11.8. The first-order valence-electron chi connectivity index (χ1n) is 5.80. The first-order valence-corrected chi connectivity index (χ1v) is 5.80. The lowest BCUT2D eigenvalue weighted by Crippen LogP contribution is -2.17. The highest BCUT2D eigenvalue weighted by atomic mass is 14.9. The third-order valence-electron chi connectivity index (χ3n) is 2.84. The molecule has 2 aromatic rings. The van der Waals surface area contributed by atoms with E-state index in [9.17, 15) is 0 Å². The van der Waals surface area contributed by atoms with Crippen LogP contribution in [0, 0.1) is 6.92 Å². The Morgan fingerprint density at radius 1 is 1.12 bits per heavy atom. The minimum Gasteiger partial charge on any atom is -0.306 e. The molecule has 0 saturated carbocycles. The van der Waals surface area contributed by atoms with Crippen molar-refractivity contribution in [3.8, 4) is 0 Å². The minimum absolute atomic E-state index is 0.337. The Balaban J connectivity index is 1.93. The Morgan fingerprint density at radius 3 is 2.41 bits per heavy atom. The van der Waals surface area contributed by atoms with Crippen LogP contribution in [-0.4, -0.2) is 4.98 Å². The normalized spacial score (nSPS) is 12.4. The summed E-state index contributed by atoms with van der Waals surface area (Å²) in [7, 11) is 0. The average molecular weight is 225 g/mol. The van der Waals surface area contributed by atoms with Crippen LogP contribution in [0.4, 0.5) is 0 Å². The van der Waals surface area contributed by atoms with Crippen molar-refractivity contribution in [2.75, 3.05) is 0 Å². The molecule has 1 atom stereocenters. The number of rotatable bonds is 4. The van der Waals surface area contributed by atoms with Gasteiger partial charge >= 0.3 is 0 Å². The number of nitrogens with one attached hydrogen (secondary N) is 1. The second kappa shape index (κ2) is 5.60. The Kier molecular flexibility index (Phi) is 3.89. The van der Waals surface area contributed by atoms with Gasteiger partial charge < -0.3 is 5.32 Å². The first-order chi connectivity index (χ1) is 8.25. The van der Waals surface area contributed by atoms with Crippen molar-refractivity contribution in [1.29, 1.82) is 0 Å². The van der Waals surface area contributed by atoms with Gasteiger partial charge in [-0.3, -0.25) is 4.98 Å². The van der Waals surface area contributed by atoms with Crippen molar-refractivity contribution >= 4 is 0 Å². The number of hydrogen-bond acceptors (Lipinski definition) is 2. The van der Waals surface area contributed by atoms with E-state index < -0.39 is 0 Å². The number of aromatic nitrogens is 1. The van der Waals surface area contributed by atoms with Crippen molar-refractivity contribution < 1.29 is 0 Å². The van der Waals surface area contributed by atoms with Gasteiger partial charge in [0.05, 0.1) is 0 Å². The van der Waals surface area contributed by atoms with Gasteiger partial charge in [-0.1, -0.05) is 24.3 Å². The zero-order valence-corrected chi connectivity index (χ0v) is 10.1. The van der Waals surface area contributed by atoms with E-state index in [-0.39, 0.29) is 0 Å². The van der Waals surface area contributed by atoms with E-state index in [0.717, 1.165) is 12.1 Å². The summed E-state index contributed by atoms with van der Waals surface area (Å²) in [6, 6.07) is 12.7. The molecule has 1 radical (unpaired) electrons. The molecule has 0 saturated heterocycles. The summed E-state index contributed by atoms with van der Waals surface area (Å²) in [5.74, 6) is 0. The smallest absolute Gasteiger partial charge is 0.0294 e. The Labute approximate surface area is 103 Å². The minimum atomic E-state index is 0.337. The molecule has 1 N–H and O–H groups in total. The van der Waals surface area contributed by atoms with Crippen LogP contribution >= 0.6 is 0 Å². The molecule has 1 heterocycles. The quantitative estimate of drug-likeness (QED) is 0.864. The van der Waals surface area contributed by atoms with Crippen LogP contribution in [0.3, 0.4) is 0 Å². The summed E-state index contributed by atoms with van der Waals surface area (Å²) >= 11 is 0. The average Bonchev–Trinajstić information content (AvgIpc) is 2.38. The van der Waals surface area contributed by atoms with E-state index in [1.165, 1.54) is 11.1 Å². The van der Waals surface area contributed by atoms with E-state index in [4.69, 9.17) is 0 Å². The topological polar surface area (TPSA) is 24.9 Å². The Bertz CT molecular complexity index is 448. The molecule has 0 spiro atoms. The molecule has 1 unspecified atom stereocenters. The zero-order chi connectivity index (χ0) is 12.1. The summed E-state index contributed by atoms with van der Waals surface area (Å²) < 4.78 is 0. The second-order valence-corrected chi connectivity index (χ2v) is 4.20. The molecule has 0 bridgehead atoms. The van der Waals surface area contributed by atoms with Gasteiger partial charge in [0.15, 0.2) is 0 Å². The van der Waals surface area contributed by atoms with Gasteiger partial charge in [-0.05, 0) is 42.7 Å². The van der Waals surface area contributed by atoms with Gasteiger partial charge in [0.2, 0.25) is 0 Å². The maximum atomic E-state index is 4.01. The van der Waals surface area contributed by atoms with E-state index in [1.54, 1.807) is 0 Å². The zero-order valence-electron chi connectivity index (χ0n) is 10.1. The maximum absolute atomic E-state index is 4.01. The van der Waals surface area contributed by atoms with Crippen LogP contribution < -0.4 is 5.32 Å². The molecule has 0 aliphatic heterocycles. The molecule has 87 valence electrons. The molecular formula is C15H17N2. The molecule has 17 heavy (non-hydrogen) atoms. The fourth-order valence-corrected chi connectivity index (χ4v) is 1.70. The van der Waals surface area contributed by atoms with E-state index in [1.807, 2.05) is 36.7 Å². The van der Waals surface area contributed by atoms with Gasteiger partial charge in [0.25, 0.3) is 0 Å². The third-order valence-corrected chi connectivity index (χ3v) is 2.84. The fourth-order valence-electron chi connectivity index (χ4n) is 1.70. The summed E-state index contributed by atoms with van der Waals surface area (Å²) in [6.07, 6.45) is 3.64. The summed E-state index contributed by atoms with van der Waals surface area (Å²) in [4.78, 5) is 4.01. The van der Waals surface area contributed by atoms with Crippen molar-refractivity contribution in [3.05, 3.63) is 72.4 Å². The monoisotopic (exact) mass is 225 g/mol. The molecule has 0 aliphatic rings. The van der Waals surface area contributed by atoms with Gasteiger partial charge in [0.1, 0.15) is 0 Å². The highest BCUT2D eigenvalue weighted by molar-refractivity contribution is 5.26. The van der Waals surface area contributed by atoms with Crippen LogP contribution in [-0.2, 0) is 6.54 Å². The van der Waals surface area contributed by atoms with Gasteiger partial charge in [0, 0.05) is 25.0 Å². The molecule has 0 aliphatic carbocycles. The van der Waals surface area contributed by atoms with Crippen molar-refractivity contribution in [2.45, 2.75) is 19.5 Å². The summed E-state index contributed by atoms with van der Waals surface area (Å²) in [5.41, 5.74) is 3.59. The van der Waals surface area contributed by atoms with E-state index >= 15 is 0 Å². The summed E-state index contributed by atoms with van der Waals surface area (Å²) in [6.45, 7) is 6.91. The van der Waals surface area contributed by atoms with Gasteiger partial charge in [-0.15, -0.1) is 0 Å². The van der Waals surface area contributed by atoms with E-state index in [2.05, 4.69) is 36.3 Å². The van der Waals surface area contributed by atoms with Crippen LogP contribution in [0.5, 0.6) is 0 Å². The predicted molar refractivity (Wildman–Crippen MR) is 70.4 cm³/mol. The van der Waals surface area contributed by atoms with Crippen LogP contribution in [0.2, 0.25) is 0 Å². The van der Waals surface area contributed by atoms with Gasteiger partial charge in [-0.25, -0.2) is 0 Å². The van der Waals surface area contributed by atoms with Crippen molar-refractivity contribution in [1.82, 2.24) is 10.3 Å². The van der Waals surface area contributed by atoms with E-state index in [0.29, 0.717) is 6.04 Å². The second-order valence-electron chi connectivity index (χ2n) is 4.20. The molecule has 1 aromatic heterocycles. The molecule has 2 nitrogen and oxygen atoms in total. The fraction of sp³-hybridized carbons (Fsp3) is 0.200. The molecule has 0 fully saturated rings. The highest BCUT2D eigenvalue weighted by Gasteiger charge is 2.03. The van der Waals surface area contributed by atoms with Crippen molar-refractivity contribution in [3.63, 3.8) is 0 Å². The number of nitrogens with zero attached hydrogens (tertiary/aromatic N) is 1. The molecule has 2 heteroatoms. The maximum Gasteiger partial charge on any atom is 0.0294 e. The molecule has 2 rings (SSSR count). The highest BCUT2D eigenvalue weighted by Crippen LogP contribution is 2.13. The van der Waals surface area contributed by atoms with Crippen LogP contribution in [0.25, 0.3) is 0 Å². The number of benzene rings is 1.